The summed E-state index contributed by atoms with van der Waals surface area (Å²) in [4.78, 5) is 14.4. The number of hydrogen-bond acceptors (Lipinski definition) is 3. The van der Waals surface area contributed by atoms with Gasteiger partial charge in [0.1, 0.15) is 0 Å². The average molecular weight is 252 g/mol. The van der Waals surface area contributed by atoms with Gasteiger partial charge >= 0.3 is 0 Å². The van der Waals surface area contributed by atoms with Crippen LogP contribution in [0.5, 0.6) is 0 Å². The highest BCUT2D eigenvalue weighted by atomic mass is 16.3. The van der Waals surface area contributed by atoms with E-state index in [1.54, 1.807) is 0 Å². The zero-order valence-electron chi connectivity index (χ0n) is 11.0. The van der Waals surface area contributed by atoms with E-state index in [0.717, 1.165) is 38.4 Å². The number of nitrogens with zero attached hydrogens (tertiary/aromatic N) is 1. The van der Waals surface area contributed by atoms with Crippen LogP contribution in [0, 0.1) is 11.8 Å². The fourth-order valence-corrected chi connectivity index (χ4v) is 3.14. The van der Waals surface area contributed by atoms with E-state index in [2.05, 4.69) is 10.2 Å². The lowest BCUT2D eigenvalue weighted by Crippen LogP contribution is -2.57. The molecule has 2 N–H and O–H groups in total. The summed E-state index contributed by atoms with van der Waals surface area (Å²) in [6.45, 7) is 2.23. The molecule has 0 aromatic carbocycles. The summed E-state index contributed by atoms with van der Waals surface area (Å²) in [6, 6.07) is 0.905. The Morgan fingerprint density at radius 1 is 1.22 bits per heavy atom. The van der Waals surface area contributed by atoms with Gasteiger partial charge < -0.3 is 10.4 Å². The number of amides is 1. The third-order valence-corrected chi connectivity index (χ3v) is 4.89. The van der Waals surface area contributed by atoms with Crippen LogP contribution in [0.15, 0.2) is 0 Å². The standard InChI is InChI=1S/C14H24N2O2/c17-9-11-6-7-16(12-2-1-3-12)8-13(11)15-14(18)10-4-5-10/h10-13,17H,1-9H2,(H,15,18)/t11-,13-/m1/s1. The number of carbonyl (C=O) groups is 1. The predicted molar refractivity (Wildman–Crippen MR) is 69.1 cm³/mol. The molecule has 0 spiro atoms. The minimum absolute atomic E-state index is 0.164. The summed E-state index contributed by atoms with van der Waals surface area (Å²) in [7, 11) is 0. The summed E-state index contributed by atoms with van der Waals surface area (Å²) < 4.78 is 0. The molecule has 1 aliphatic heterocycles. The summed E-state index contributed by atoms with van der Waals surface area (Å²) in [5.74, 6) is 0.737. The minimum Gasteiger partial charge on any atom is -0.396 e. The van der Waals surface area contributed by atoms with Gasteiger partial charge in [0.05, 0.1) is 0 Å². The molecule has 0 bridgehead atoms. The number of hydrogen-bond donors (Lipinski definition) is 2. The van der Waals surface area contributed by atoms with E-state index in [4.69, 9.17) is 0 Å². The van der Waals surface area contributed by atoms with Crippen LogP contribution in [0.25, 0.3) is 0 Å². The summed E-state index contributed by atoms with van der Waals surface area (Å²) in [6.07, 6.45) is 7.09. The Morgan fingerprint density at radius 3 is 2.56 bits per heavy atom. The third-order valence-electron chi connectivity index (χ3n) is 4.89. The highest BCUT2D eigenvalue weighted by Gasteiger charge is 2.37. The van der Waals surface area contributed by atoms with E-state index in [9.17, 15) is 9.90 Å². The maximum Gasteiger partial charge on any atom is 0.223 e. The quantitative estimate of drug-likeness (QED) is 0.776. The van der Waals surface area contributed by atoms with Crippen LogP contribution < -0.4 is 5.32 Å². The molecular weight excluding hydrogens is 228 g/mol. The number of nitrogens with one attached hydrogen (secondary N) is 1. The molecule has 1 saturated heterocycles. The number of aliphatic hydroxyl groups excluding tert-OH is 1. The number of piperidine rings is 1. The van der Waals surface area contributed by atoms with Crippen LogP contribution in [0.3, 0.4) is 0 Å². The van der Waals surface area contributed by atoms with Crippen molar-refractivity contribution in [2.24, 2.45) is 11.8 Å². The molecule has 0 aromatic heterocycles. The smallest absolute Gasteiger partial charge is 0.223 e. The second-order valence-electron chi connectivity index (χ2n) is 6.20. The third kappa shape index (κ3) is 2.54. The average Bonchev–Trinajstić information content (AvgIpc) is 3.11. The molecule has 0 aromatic rings. The highest BCUT2D eigenvalue weighted by molar-refractivity contribution is 5.81. The molecule has 2 saturated carbocycles. The number of aliphatic hydroxyl groups is 1. The fraction of sp³-hybridized carbons (Fsp3) is 0.929. The van der Waals surface area contributed by atoms with Crippen molar-refractivity contribution in [2.45, 2.75) is 50.6 Å². The van der Waals surface area contributed by atoms with E-state index in [1.165, 1.54) is 19.3 Å². The number of likely N-dealkylation sites (tertiary alicyclic amines) is 1. The molecule has 4 heteroatoms. The SMILES string of the molecule is O=C(N[C@@H]1CN(C2CCC2)CC[C@@H]1CO)C1CC1. The van der Waals surface area contributed by atoms with E-state index in [-0.39, 0.29) is 30.4 Å². The summed E-state index contributed by atoms with van der Waals surface area (Å²) >= 11 is 0. The van der Waals surface area contributed by atoms with Gasteiger partial charge in [0, 0.05) is 37.1 Å². The molecular formula is C14H24N2O2. The van der Waals surface area contributed by atoms with Crippen LogP contribution in [0.1, 0.15) is 38.5 Å². The van der Waals surface area contributed by atoms with Crippen molar-refractivity contribution in [3.05, 3.63) is 0 Å². The van der Waals surface area contributed by atoms with Gasteiger partial charge in [-0.25, -0.2) is 0 Å². The first-order valence-corrected chi connectivity index (χ1v) is 7.43. The van der Waals surface area contributed by atoms with E-state index >= 15 is 0 Å². The second kappa shape index (κ2) is 5.17. The normalized spacial score (nSPS) is 34.1. The lowest BCUT2D eigenvalue weighted by atomic mass is 9.86. The molecule has 0 radical (unpaired) electrons. The van der Waals surface area contributed by atoms with Crippen LogP contribution in [0.2, 0.25) is 0 Å². The predicted octanol–water partition coefficient (Wildman–Crippen LogP) is 0.748. The first-order valence-electron chi connectivity index (χ1n) is 7.43. The molecule has 2 aliphatic carbocycles. The molecule has 3 rings (SSSR count). The largest absolute Gasteiger partial charge is 0.396 e. The zero-order valence-corrected chi connectivity index (χ0v) is 11.0. The van der Waals surface area contributed by atoms with Gasteiger partial charge in [0.25, 0.3) is 0 Å². The molecule has 3 aliphatic rings. The summed E-state index contributed by atoms with van der Waals surface area (Å²) in [5.41, 5.74) is 0. The van der Waals surface area contributed by atoms with Gasteiger partial charge in [-0.2, -0.15) is 0 Å². The monoisotopic (exact) mass is 252 g/mol. The number of rotatable bonds is 4. The molecule has 102 valence electrons. The number of carbonyl (C=O) groups excluding carboxylic acids is 1. The van der Waals surface area contributed by atoms with Gasteiger partial charge in [-0.15, -0.1) is 0 Å². The van der Waals surface area contributed by atoms with Crippen molar-refractivity contribution in [3.8, 4) is 0 Å². The van der Waals surface area contributed by atoms with Crippen molar-refractivity contribution in [1.29, 1.82) is 0 Å². The Bertz CT molecular complexity index is 313. The van der Waals surface area contributed by atoms with E-state index in [1.807, 2.05) is 0 Å². The Kier molecular flexibility index (Phi) is 3.57. The van der Waals surface area contributed by atoms with Gasteiger partial charge in [-0.1, -0.05) is 6.42 Å². The molecule has 18 heavy (non-hydrogen) atoms. The Morgan fingerprint density at radius 2 is 2.00 bits per heavy atom. The van der Waals surface area contributed by atoms with E-state index < -0.39 is 0 Å². The molecule has 1 amide bonds. The maximum absolute atomic E-state index is 11.9. The van der Waals surface area contributed by atoms with Crippen LogP contribution in [0.4, 0.5) is 0 Å². The van der Waals surface area contributed by atoms with Gasteiger partial charge in [0.2, 0.25) is 5.91 Å². The van der Waals surface area contributed by atoms with Gasteiger partial charge in [-0.05, 0) is 38.6 Å². The van der Waals surface area contributed by atoms with Crippen LogP contribution >= 0.6 is 0 Å². The Hall–Kier alpha value is -0.610. The molecule has 4 nitrogen and oxygen atoms in total. The first kappa shape index (κ1) is 12.4. The van der Waals surface area contributed by atoms with Crippen molar-refractivity contribution < 1.29 is 9.90 Å². The zero-order chi connectivity index (χ0) is 12.5. The molecule has 2 atom stereocenters. The topological polar surface area (TPSA) is 52.6 Å². The van der Waals surface area contributed by atoms with Gasteiger partial charge in [0.15, 0.2) is 0 Å². The lowest BCUT2D eigenvalue weighted by molar-refractivity contribution is -0.124. The Balaban J connectivity index is 1.57. The van der Waals surface area contributed by atoms with Gasteiger partial charge in [-0.3, -0.25) is 9.69 Å². The van der Waals surface area contributed by atoms with Crippen molar-refractivity contribution in [2.75, 3.05) is 19.7 Å². The van der Waals surface area contributed by atoms with E-state index in [0.29, 0.717) is 0 Å². The lowest BCUT2D eigenvalue weighted by Gasteiger charge is -2.45. The van der Waals surface area contributed by atoms with Crippen molar-refractivity contribution >= 4 is 5.91 Å². The van der Waals surface area contributed by atoms with Crippen LogP contribution in [-0.4, -0.2) is 47.7 Å². The highest BCUT2D eigenvalue weighted by Crippen LogP contribution is 2.31. The fourth-order valence-electron chi connectivity index (χ4n) is 3.14. The minimum atomic E-state index is 0.164. The van der Waals surface area contributed by atoms with Crippen molar-refractivity contribution in [1.82, 2.24) is 10.2 Å². The maximum atomic E-state index is 11.9. The van der Waals surface area contributed by atoms with Crippen molar-refractivity contribution in [3.63, 3.8) is 0 Å². The second-order valence-corrected chi connectivity index (χ2v) is 6.20. The molecule has 0 unspecified atom stereocenters. The molecule has 3 fully saturated rings. The van der Waals surface area contributed by atoms with Crippen LogP contribution in [-0.2, 0) is 4.79 Å². The first-order chi connectivity index (χ1) is 8.78. The molecule has 1 heterocycles. The Labute approximate surface area is 109 Å². The summed E-state index contributed by atoms with van der Waals surface area (Å²) in [5, 5.41) is 12.6.